The number of amides is 1. The molecule has 0 spiro atoms. The predicted molar refractivity (Wildman–Crippen MR) is 83.6 cm³/mol. The normalized spacial score (nSPS) is 12.9. The molecule has 1 unspecified atom stereocenters. The molecular weight excluding hydrogens is 250 g/mol. The fourth-order valence-corrected chi connectivity index (χ4v) is 2.24. The first-order valence-electron chi connectivity index (χ1n) is 7.16. The number of likely N-dealkylation sites (N-methyl/N-ethyl adjacent to an activating group) is 1. The van der Waals surface area contributed by atoms with Crippen LogP contribution in [0.5, 0.6) is 0 Å². The first-order chi connectivity index (χ1) is 9.40. The molecule has 20 heavy (non-hydrogen) atoms. The van der Waals surface area contributed by atoms with Crippen molar-refractivity contribution in [2.75, 3.05) is 20.6 Å². The standard InChI is InChI=1S/C16H27N3O/c1-12(2)8-15(19(3)4)11-18-10-13-6-5-7-14(9-13)16(17)20/h5-7,9,12,15,18H,8,10-11H2,1-4H3,(H2,17,20). The summed E-state index contributed by atoms with van der Waals surface area (Å²) in [4.78, 5) is 13.4. The number of rotatable bonds is 8. The van der Waals surface area contributed by atoms with Gasteiger partial charge in [-0.1, -0.05) is 26.0 Å². The first-order valence-corrected chi connectivity index (χ1v) is 7.16. The Morgan fingerprint density at radius 3 is 2.60 bits per heavy atom. The molecule has 1 rings (SSSR count). The van der Waals surface area contributed by atoms with E-state index in [9.17, 15) is 4.79 Å². The van der Waals surface area contributed by atoms with Crippen LogP contribution in [-0.2, 0) is 6.54 Å². The SMILES string of the molecule is CC(C)CC(CNCc1cccc(C(N)=O)c1)N(C)C. The molecule has 1 atom stereocenters. The van der Waals surface area contributed by atoms with Gasteiger partial charge in [0.05, 0.1) is 0 Å². The third-order valence-electron chi connectivity index (χ3n) is 3.39. The summed E-state index contributed by atoms with van der Waals surface area (Å²) in [7, 11) is 4.23. The molecule has 0 saturated carbocycles. The number of carbonyl (C=O) groups excluding carboxylic acids is 1. The lowest BCUT2D eigenvalue weighted by atomic mass is 10.0. The van der Waals surface area contributed by atoms with Gasteiger partial charge in [0.2, 0.25) is 5.91 Å². The second kappa shape index (κ2) is 8.02. The summed E-state index contributed by atoms with van der Waals surface area (Å²) in [6, 6.07) is 7.99. The molecule has 1 aromatic rings. The van der Waals surface area contributed by atoms with Crippen LogP contribution < -0.4 is 11.1 Å². The Morgan fingerprint density at radius 2 is 2.05 bits per heavy atom. The van der Waals surface area contributed by atoms with Gasteiger partial charge in [-0.3, -0.25) is 4.79 Å². The quantitative estimate of drug-likeness (QED) is 0.762. The smallest absolute Gasteiger partial charge is 0.248 e. The highest BCUT2D eigenvalue weighted by molar-refractivity contribution is 5.92. The van der Waals surface area contributed by atoms with Gasteiger partial charge in [-0.15, -0.1) is 0 Å². The molecule has 0 aromatic heterocycles. The number of carbonyl (C=O) groups is 1. The lowest BCUT2D eigenvalue weighted by Crippen LogP contribution is -2.38. The zero-order chi connectivity index (χ0) is 15.1. The summed E-state index contributed by atoms with van der Waals surface area (Å²) in [5, 5.41) is 3.46. The van der Waals surface area contributed by atoms with Gasteiger partial charge in [-0.2, -0.15) is 0 Å². The van der Waals surface area contributed by atoms with Gasteiger partial charge in [0, 0.05) is 24.7 Å². The summed E-state index contributed by atoms with van der Waals surface area (Å²) in [6.07, 6.45) is 1.17. The Kier molecular flexibility index (Phi) is 6.68. The second-order valence-corrected chi connectivity index (χ2v) is 5.94. The molecule has 0 radical (unpaired) electrons. The van der Waals surface area contributed by atoms with Crippen LogP contribution in [0.15, 0.2) is 24.3 Å². The van der Waals surface area contributed by atoms with E-state index in [1.54, 1.807) is 6.07 Å². The minimum Gasteiger partial charge on any atom is -0.366 e. The Balaban J connectivity index is 2.50. The van der Waals surface area contributed by atoms with Crippen LogP contribution in [0.2, 0.25) is 0 Å². The van der Waals surface area contributed by atoms with Crippen LogP contribution in [0.4, 0.5) is 0 Å². The van der Waals surface area contributed by atoms with Gasteiger partial charge in [0.1, 0.15) is 0 Å². The Hall–Kier alpha value is -1.39. The average Bonchev–Trinajstić information content (AvgIpc) is 2.37. The van der Waals surface area contributed by atoms with E-state index in [2.05, 4.69) is 38.2 Å². The summed E-state index contributed by atoms with van der Waals surface area (Å²) >= 11 is 0. The highest BCUT2D eigenvalue weighted by Gasteiger charge is 2.12. The van der Waals surface area contributed by atoms with E-state index in [0.29, 0.717) is 17.5 Å². The molecule has 1 amide bonds. The Labute approximate surface area is 122 Å². The third kappa shape index (κ3) is 5.72. The largest absolute Gasteiger partial charge is 0.366 e. The molecule has 112 valence electrons. The minimum absolute atomic E-state index is 0.377. The van der Waals surface area contributed by atoms with E-state index in [1.807, 2.05) is 18.2 Å². The highest BCUT2D eigenvalue weighted by atomic mass is 16.1. The van der Waals surface area contributed by atoms with E-state index in [-0.39, 0.29) is 5.91 Å². The summed E-state index contributed by atoms with van der Waals surface area (Å²) in [5.41, 5.74) is 6.94. The maximum absolute atomic E-state index is 11.1. The first kappa shape index (κ1) is 16.7. The molecule has 0 aliphatic carbocycles. The fraction of sp³-hybridized carbons (Fsp3) is 0.562. The fourth-order valence-electron chi connectivity index (χ4n) is 2.24. The van der Waals surface area contributed by atoms with Gasteiger partial charge in [0.25, 0.3) is 0 Å². The van der Waals surface area contributed by atoms with Gasteiger partial charge >= 0.3 is 0 Å². The molecule has 0 aliphatic heterocycles. The number of nitrogens with zero attached hydrogens (tertiary/aromatic N) is 1. The Bertz CT molecular complexity index is 429. The van der Waals surface area contributed by atoms with Gasteiger partial charge in [-0.05, 0) is 44.1 Å². The number of nitrogens with one attached hydrogen (secondary N) is 1. The lowest BCUT2D eigenvalue weighted by Gasteiger charge is -2.26. The van der Waals surface area contributed by atoms with Gasteiger partial charge < -0.3 is 16.0 Å². The molecule has 0 heterocycles. The number of hydrogen-bond acceptors (Lipinski definition) is 3. The van der Waals surface area contributed by atoms with Crippen molar-refractivity contribution in [3.05, 3.63) is 35.4 Å². The van der Waals surface area contributed by atoms with Crippen LogP contribution in [-0.4, -0.2) is 37.5 Å². The zero-order valence-electron chi connectivity index (χ0n) is 13.0. The average molecular weight is 277 g/mol. The molecule has 4 heteroatoms. The number of hydrogen-bond donors (Lipinski definition) is 2. The molecule has 1 aromatic carbocycles. The molecule has 0 bridgehead atoms. The van der Waals surface area contributed by atoms with Crippen LogP contribution in [0, 0.1) is 5.92 Å². The van der Waals surface area contributed by atoms with Crippen molar-refractivity contribution >= 4 is 5.91 Å². The summed E-state index contributed by atoms with van der Waals surface area (Å²) in [6.45, 7) is 6.18. The van der Waals surface area contributed by atoms with Crippen LogP contribution in [0.3, 0.4) is 0 Å². The molecule has 3 N–H and O–H groups in total. The van der Waals surface area contributed by atoms with Crippen molar-refractivity contribution in [3.8, 4) is 0 Å². The monoisotopic (exact) mass is 277 g/mol. The minimum atomic E-state index is -0.377. The molecule has 0 aliphatic rings. The highest BCUT2D eigenvalue weighted by Crippen LogP contribution is 2.09. The van der Waals surface area contributed by atoms with Crippen LogP contribution in [0.25, 0.3) is 0 Å². The predicted octanol–water partition coefficient (Wildman–Crippen LogP) is 1.85. The molecule has 4 nitrogen and oxygen atoms in total. The summed E-state index contributed by atoms with van der Waals surface area (Å²) < 4.78 is 0. The van der Waals surface area contributed by atoms with Crippen LogP contribution >= 0.6 is 0 Å². The molecular formula is C16H27N3O. The number of nitrogens with two attached hydrogens (primary N) is 1. The maximum Gasteiger partial charge on any atom is 0.248 e. The topological polar surface area (TPSA) is 58.4 Å². The van der Waals surface area contributed by atoms with Crippen molar-refractivity contribution in [1.82, 2.24) is 10.2 Å². The molecule has 0 fully saturated rings. The van der Waals surface area contributed by atoms with E-state index in [0.717, 1.165) is 18.7 Å². The van der Waals surface area contributed by atoms with E-state index in [1.165, 1.54) is 6.42 Å². The van der Waals surface area contributed by atoms with E-state index >= 15 is 0 Å². The van der Waals surface area contributed by atoms with Crippen molar-refractivity contribution < 1.29 is 4.79 Å². The van der Waals surface area contributed by atoms with E-state index in [4.69, 9.17) is 5.73 Å². The molecule has 0 saturated heterocycles. The number of benzene rings is 1. The van der Waals surface area contributed by atoms with Crippen molar-refractivity contribution in [1.29, 1.82) is 0 Å². The third-order valence-corrected chi connectivity index (χ3v) is 3.39. The maximum atomic E-state index is 11.1. The summed E-state index contributed by atoms with van der Waals surface area (Å²) in [5.74, 6) is 0.306. The van der Waals surface area contributed by atoms with Gasteiger partial charge in [-0.25, -0.2) is 0 Å². The van der Waals surface area contributed by atoms with E-state index < -0.39 is 0 Å². The van der Waals surface area contributed by atoms with Crippen molar-refractivity contribution in [3.63, 3.8) is 0 Å². The lowest BCUT2D eigenvalue weighted by molar-refractivity contribution is 0.1000. The van der Waals surface area contributed by atoms with Crippen molar-refractivity contribution in [2.45, 2.75) is 32.9 Å². The number of primary amides is 1. The Morgan fingerprint density at radius 1 is 1.35 bits per heavy atom. The second-order valence-electron chi connectivity index (χ2n) is 5.94. The van der Waals surface area contributed by atoms with Crippen LogP contribution in [0.1, 0.15) is 36.2 Å². The zero-order valence-corrected chi connectivity index (χ0v) is 13.0. The van der Waals surface area contributed by atoms with Crippen molar-refractivity contribution in [2.24, 2.45) is 11.7 Å². The van der Waals surface area contributed by atoms with Gasteiger partial charge in [0.15, 0.2) is 0 Å².